The fourth-order valence-corrected chi connectivity index (χ4v) is 2.04. The first-order valence-corrected chi connectivity index (χ1v) is 7.94. The van der Waals surface area contributed by atoms with Gasteiger partial charge in [0.2, 0.25) is 12.3 Å². The summed E-state index contributed by atoms with van der Waals surface area (Å²) in [6.07, 6.45) is 0.144. The van der Waals surface area contributed by atoms with Crippen LogP contribution in [-0.2, 0) is 18.9 Å². The van der Waals surface area contributed by atoms with Crippen molar-refractivity contribution >= 4 is 25.6 Å². The topological polar surface area (TPSA) is 153 Å². The summed E-state index contributed by atoms with van der Waals surface area (Å²) in [5.41, 5.74) is 0. The summed E-state index contributed by atoms with van der Waals surface area (Å²) >= 11 is 0. The summed E-state index contributed by atoms with van der Waals surface area (Å²) in [5, 5.41) is 22.0. The van der Waals surface area contributed by atoms with Crippen molar-refractivity contribution in [3.05, 3.63) is 0 Å². The molecule has 1 unspecified atom stereocenters. The van der Waals surface area contributed by atoms with Crippen LogP contribution in [0.15, 0.2) is 0 Å². The van der Waals surface area contributed by atoms with Crippen LogP contribution in [0.3, 0.4) is 0 Å². The maximum absolute atomic E-state index is 11.8. The maximum Gasteiger partial charge on any atom is 1.00 e. The van der Waals surface area contributed by atoms with Crippen LogP contribution in [0.5, 0.6) is 0 Å². The van der Waals surface area contributed by atoms with Crippen molar-refractivity contribution in [1.29, 1.82) is 0 Å². The standard InChI is InChI=1S/C11H20N3O6P.Na/c1-7(10(17)14(12)8(2)11(18)19)13-9(16)4-3-5-21(20)6-15;/h7-8,15H,3-6,12H2,1-2H3,(H-,13,16,18,19);/q;+1/t7-,8-;/m0./s1. The molecule has 0 aromatic rings. The van der Waals surface area contributed by atoms with Gasteiger partial charge in [-0.3, -0.25) is 14.6 Å². The number of nitrogens with zero attached hydrogens (tertiary/aromatic N) is 1. The van der Waals surface area contributed by atoms with Gasteiger partial charge in [0.05, 0.1) is 12.0 Å². The minimum absolute atomic E-state index is 0. The fourth-order valence-electron chi connectivity index (χ4n) is 1.39. The second-order valence-corrected chi connectivity index (χ2v) is 6.17. The SMILES string of the molecule is C[C@H](NC(=O)CCC[P+](=O)CO)C(=O)N(N)[C@@H](C)C(=O)[O-].[Na+]. The van der Waals surface area contributed by atoms with Crippen LogP contribution in [0.4, 0.5) is 0 Å². The number of nitrogens with two attached hydrogens (primary N) is 1. The monoisotopic (exact) mass is 344 g/mol. The van der Waals surface area contributed by atoms with Gasteiger partial charge in [0.1, 0.15) is 12.2 Å². The minimum Gasteiger partial charge on any atom is -0.548 e. The van der Waals surface area contributed by atoms with Crippen LogP contribution in [0, 0.1) is 0 Å². The van der Waals surface area contributed by atoms with Crippen LogP contribution < -0.4 is 45.8 Å². The van der Waals surface area contributed by atoms with E-state index in [1.165, 1.54) is 13.8 Å². The largest absolute Gasteiger partial charge is 1.00 e. The molecule has 0 fully saturated rings. The first-order valence-electron chi connectivity index (χ1n) is 6.31. The number of aliphatic hydroxyl groups is 1. The van der Waals surface area contributed by atoms with Crippen molar-refractivity contribution in [3.8, 4) is 0 Å². The quantitative estimate of drug-likeness (QED) is 0.124. The summed E-state index contributed by atoms with van der Waals surface area (Å²) in [6.45, 7) is 2.56. The Bertz CT molecular complexity index is 423. The first-order chi connectivity index (χ1) is 9.70. The Morgan fingerprint density at radius 3 is 2.36 bits per heavy atom. The summed E-state index contributed by atoms with van der Waals surface area (Å²) in [5.74, 6) is 2.62. The zero-order chi connectivity index (χ0) is 16.6. The second kappa shape index (κ2) is 11.9. The number of aliphatic hydroxyl groups excluding tert-OH is 1. The molecule has 0 spiro atoms. The summed E-state index contributed by atoms with van der Waals surface area (Å²) in [7, 11) is -1.71. The van der Waals surface area contributed by atoms with E-state index in [-0.39, 0.29) is 42.1 Å². The number of hydrogen-bond donors (Lipinski definition) is 3. The van der Waals surface area contributed by atoms with Gasteiger partial charge in [0.25, 0.3) is 5.91 Å². The Labute approximate surface area is 151 Å². The average Bonchev–Trinajstić information content (AvgIpc) is 2.44. The van der Waals surface area contributed by atoms with E-state index in [9.17, 15) is 24.1 Å². The number of aliphatic carboxylic acids is 1. The van der Waals surface area contributed by atoms with E-state index in [2.05, 4.69) is 5.32 Å². The maximum atomic E-state index is 11.8. The molecule has 0 aliphatic heterocycles. The van der Waals surface area contributed by atoms with Crippen molar-refractivity contribution in [2.45, 2.75) is 38.8 Å². The minimum atomic E-state index is -1.71. The fraction of sp³-hybridized carbons (Fsp3) is 0.727. The number of nitrogens with one attached hydrogen (secondary N) is 1. The van der Waals surface area contributed by atoms with E-state index < -0.39 is 44.0 Å². The summed E-state index contributed by atoms with van der Waals surface area (Å²) < 4.78 is 11.0. The number of carboxylic acid groups (broad SMARTS) is 1. The van der Waals surface area contributed by atoms with Crippen molar-refractivity contribution in [3.63, 3.8) is 0 Å². The molecule has 0 bridgehead atoms. The molecule has 120 valence electrons. The van der Waals surface area contributed by atoms with Gasteiger partial charge in [0.15, 0.2) is 0 Å². The van der Waals surface area contributed by atoms with E-state index in [4.69, 9.17) is 10.9 Å². The number of carbonyl (C=O) groups is 3. The Kier molecular flexibility index (Phi) is 12.8. The molecule has 3 atom stereocenters. The second-order valence-electron chi connectivity index (χ2n) is 4.48. The van der Waals surface area contributed by atoms with Crippen molar-refractivity contribution < 1.29 is 58.7 Å². The summed E-state index contributed by atoms with van der Waals surface area (Å²) in [4.78, 5) is 33.9. The molecule has 22 heavy (non-hydrogen) atoms. The van der Waals surface area contributed by atoms with E-state index in [0.29, 0.717) is 11.4 Å². The van der Waals surface area contributed by atoms with Crippen molar-refractivity contribution in [1.82, 2.24) is 10.3 Å². The Balaban J connectivity index is 0. The molecule has 0 radical (unpaired) electrons. The van der Waals surface area contributed by atoms with Gasteiger partial charge in [0, 0.05) is 6.42 Å². The predicted molar refractivity (Wildman–Crippen MR) is 71.9 cm³/mol. The molecule has 0 heterocycles. The number of amides is 2. The third-order valence-electron chi connectivity index (χ3n) is 2.73. The molecule has 2 amide bonds. The number of hydrogen-bond acceptors (Lipinski definition) is 7. The van der Waals surface area contributed by atoms with Crippen LogP contribution in [-0.4, -0.2) is 52.5 Å². The number of carboxylic acids is 1. The Morgan fingerprint density at radius 1 is 1.36 bits per heavy atom. The van der Waals surface area contributed by atoms with Crippen LogP contribution in [0.2, 0.25) is 0 Å². The number of rotatable bonds is 9. The van der Waals surface area contributed by atoms with E-state index in [0.717, 1.165) is 0 Å². The van der Waals surface area contributed by atoms with E-state index >= 15 is 0 Å². The van der Waals surface area contributed by atoms with Crippen LogP contribution >= 0.6 is 7.80 Å². The predicted octanol–water partition coefficient (Wildman–Crippen LogP) is -5.11. The van der Waals surface area contributed by atoms with Crippen molar-refractivity contribution in [2.75, 3.05) is 12.5 Å². The molecular weight excluding hydrogens is 324 g/mol. The normalized spacial score (nSPS) is 13.4. The van der Waals surface area contributed by atoms with Gasteiger partial charge in [-0.2, -0.15) is 0 Å². The molecule has 0 aliphatic rings. The molecule has 0 saturated carbocycles. The molecule has 4 N–H and O–H groups in total. The van der Waals surface area contributed by atoms with Crippen LogP contribution in [0.25, 0.3) is 0 Å². The third kappa shape index (κ3) is 8.77. The number of carbonyl (C=O) groups excluding carboxylic acids is 3. The van der Waals surface area contributed by atoms with Gasteiger partial charge >= 0.3 is 37.4 Å². The first kappa shape index (κ1) is 23.7. The Morgan fingerprint density at radius 2 is 1.91 bits per heavy atom. The smallest absolute Gasteiger partial charge is 0.548 e. The molecule has 9 nitrogen and oxygen atoms in total. The molecule has 0 saturated heterocycles. The molecular formula is C11H20N3NaO6P+. The van der Waals surface area contributed by atoms with Gasteiger partial charge < -0.3 is 20.3 Å². The summed E-state index contributed by atoms with van der Waals surface area (Å²) in [6, 6.07) is -2.30. The zero-order valence-corrected chi connectivity index (χ0v) is 15.8. The van der Waals surface area contributed by atoms with Crippen LogP contribution in [0.1, 0.15) is 26.7 Å². The molecule has 0 aliphatic carbocycles. The molecule has 0 rings (SSSR count). The van der Waals surface area contributed by atoms with E-state index in [1.54, 1.807) is 0 Å². The van der Waals surface area contributed by atoms with Gasteiger partial charge in [-0.15, -0.1) is 0 Å². The molecule has 0 aromatic carbocycles. The average molecular weight is 344 g/mol. The number of hydrazine groups is 1. The van der Waals surface area contributed by atoms with Gasteiger partial charge in [-0.25, -0.2) is 5.84 Å². The third-order valence-corrected chi connectivity index (χ3v) is 3.86. The van der Waals surface area contributed by atoms with E-state index in [1.807, 2.05) is 0 Å². The Hall–Kier alpha value is -0.570. The molecule has 0 aromatic heterocycles. The molecule has 11 heteroatoms. The van der Waals surface area contributed by atoms with Gasteiger partial charge in [-0.1, -0.05) is 4.57 Å². The van der Waals surface area contributed by atoms with Crippen molar-refractivity contribution in [2.24, 2.45) is 5.84 Å². The van der Waals surface area contributed by atoms with Gasteiger partial charge in [-0.05, 0) is 20.3 Å². The zero-order valence-electron chi connectivity index (χ0n) is 12.9.